The second-order valence-electron chi connectivity index (χ2n) is 3.18. The molecule has 2 heteroatoms. The number of carbonyl (C=O) groups excluding carboxylic acids is 1. The molecule has 0 fully saturated rings. The number of ketones is 1. The van der Waals surface area contributed by atoms with Crippen LogP contribution >= 0.6 is 0 Å². The van der Waals surface area contributed by atoms with E-state index < -0.39 is 6.10 Å². The van der Waals surface area contributed by atoms with E-state index in [2.05, 4.69) is 0 Å². The van der Waals surface area contributed by atoms with E-state index in [4.69, 9.17) is 0 Å². The summed E-state index contributed by atoms with van der Waals surface area (Å²) in [6.45, 7) is 1.90. The highest BCUT2D eigenvalue weighted by Gasteiger charge is 2.28. The molecular formula is C10H10O2. The maximum atomic E-state index is 11.3. The number of benzene rings is 1. The predicted octanol–water partition coefficient (Wildman–Crippen LogP) is 1.61. The zero-order valence-corrected chi connectivity index (χ0v) is 6.87. The van der Waals surface area contributed by atoms with Crippen molar-refractivity contribution < 1.29 is 9.90 Å². The lowest BCUT2D eigenvalue weighted by Gasteiger charge is -2.02. The zero-order valence-electron chi connectivity index (χ0n) is 6.87. The van der Waals surface area contributed by atoms with Crippen molar-refractivity contribution in [2.24, 2.45) is 0 Å². The van der Waals surface area contributed by atoms with E-state index in [0.29, 0.717) is 0 Å². The number of fused-ring (bicyclic) bond motifs is 1. The Morgan fingerprint density at radius 2 is 2.25 bits per heavy atom. The Labute approximate surface area is 70.8 Å². The van der Waals surface area contributed by atoms with Crippen LogP contribution in [-0.2, 0) is 0 Å². The molecule has 0 spiro atoms. The van der Waals surface area contributed by atoms with Crippen LogP contribution in [0, 0.1) is 6.92 Å². The van der Waals surface area contributed by atoms with Gasteiger partial charge in [-0.2, -0.15) is 0 Å². The Morgan fingerprint density at radius 3 is 2.92 bits per heavy atom. The molecule has 12 heavy (non-hydrogen) atoms. The third-order valence-corrected chi connectivity index (χ3v) is 2.32. The van der Waals surface area contributed by atoms with Crippen LogP contribution in [-0.4, -0.2) is 10.9 Å². The molecule has 2 nitrogen and oxygen atoms in total. The highest BCUT2D eigenvalue weighted by molar-refractivity contribution is 6.02. The molecule has 1 aliphatic rings. The molecule has 0 saturated heterocycles. The van der Waals surface area contributed by atoms with Crippen molar-refractivity contribution in [1.29, 1.82) is 0 Å². The third-order valence-electron chi connectivity index (χ3n) is 2.32. The Balaban J connectivity index is 2.67. The van der Waals surface area contributed by atoms with Crippen LogP contribution < -0.4 is 0 Å². The quantitative estimate of drug-likeness (QED) is 0.629. The Kier molecular flexibility index (Phi) is 1.51. The van der Waals surface area contributed by atoms with Gasteiger partial charge in [0.2, 0.25) is 0 Å². The van der Waals surface area contributed by atoms with Crippen molar-refractivity contribution in [2.75, 3.05) is 0 Å². The van der Waals surface area contributed by atoms with E-state index in [1.165, 1.54) is 0 Å². The van der Waals surface area contributed by atoms with Gasteiger partial charge >= 0.3 is 0 Å². The van der Waals surface area contributed by atoms with Gasteiger partial charge in [0.05, 0.1) is 6.10 Å². The molecule has 0 saturated carbocycles. The molecule has 0 heterocycles. The van der Waals surface area contributed by atoms with Crippen molar-refractivity contribution >= 4 is 5.78 Å². The molecule has 1 aliphatic carbocycles. The van der Waals surface area contributed by atoms with Gasteiger partial charge in [0, 0.05) is 12.0 Å². The molecular weight excluding hydrogens is 152 g/mol. The van der Waals surface area contributed by atoms with Gasteiger partial charge in [-0.1, -0.05) is 18.2 Å². The first-order valence-electron chi connectivity index (χ1n) is 4.01. The van der Waals surface area contributed by atoms with Gasteiger partial charge in [0.15, 0.2) is 5.78 Å². The molecule has 0 amide bonds. The van der Waals surface area contributed by atoms with Crippen LogP contribution in [0.3, 0.4) is 0 Å². The first-order valence-corrected chi connectivity index (χ1v) is 4.01. The minimum atomic E-state index is -0.576. The summed E-state index contributed by atoms with van der Waals surface area (Å²) in [4.78, 5) is 11.3. The summed E-state index contributed by atoms with van der Waals surface area (Å²) in [6, 6.07) is 5.59. The fraction of sp³-hybridized carbons (Fsp3) is 0.300. The minimum Gasteiger partial charge on any atom is -0.388 e. The molecule has 0 aromatic heterocycles. The summed E-state index contributed by atoms with van der Waals surface area (Å²) in [6.07, 6.45) is -0.326. The zero-order chi connectivity index (χ0) is 8.72. The number of aliphatic hydroxyl groups excluding tert-OH is 1. The van der Waals surface area contributed by atoms with E-state index in [0.717, 1.165) is 16.7 Å². The monoisotopic (exact) mass is 162 g/mol. The average molecular weight is 162 g/mol. The van der Waals surface area contributed by atoms with Crippen LogP contribution in [0.25, 0.3) is 0 Å². The van der Waals surface area contributed by atoms with Crippen molar-refractivity contribution in [2.45, 2.75) is 19.4 Å². The van der Waals surface area contributed by atoms with Crippen molar-refractivity contribution in [3.63, 3.8) is 0 Å². The lowest BCUT2D eigenvalue weighted by atomic mass is 10.0. The molecule has 1 unspecified atom stereocenters. The summed E-state index contributed by atoms with van der Waals surface area (Å²) in [5.41, 5.74) is 2.49. The normalized spacial score (nSPS) is 21.2. The van der Waals surface area contributed by atoms with Gasteiger partial charge in [-0.3, -0.25) is 4.79 Å². The van der Waals surface area contributed by atoms with Crippen LogP contribution in [0.2, 0.25) is 0 Å². The topological polar surface area (TPSA) is 37.3 Å². The molecule has 1 atom stereocenters. The Bertz CT molecular complexity index is 342. The Hall–Kier alpha value is -1.15. The number of rotatable bonds is 0. The first kappa shape index (κ1) is 7.50. The molecule has 0 radical (unpaired) electrons. The summed E-state index contributed by atoms with van der Waals surface area (Å²) >= 11 is 0. The number of Topliss-reactive ketones (excluding diaryl/α,β-unsaturated/α-hetero) is 1. The summed E-state index contributed by atoms with van der Waals surface area (Å²) in [5, 5.41) is 9.46. The van der Waals surface area contributed by atoms with Crippen LogP contribution in [0.4, 0.5) is 0 Å². The van der Waals surface area contributed by atoms with Gasteiger partial charge in [-0.05, 0) is 18.1 Å². The average Bonchev–Trinajstić information content (AvgIpc) is 2.29. The van der Waals surface area contributed by atoms with Gasteiger partial charge in [0.1, 0.15) is 0 Å². The van der Waals surface area contributed by atoms with E-state index >= 15 is 0 Å². The lowest BCUT2D eigenvalue weighted by molar-refractivity contribution is 0.0930. The van der Waals surface area contributed by atoms with Crippen molar-refractivity contribution in [3.8, 4) is 0 Å². The molecule has 0 bridgehead atoms. The minimum absolute atomic E-state index is 0.0654. The molecule has 1 aromatic rings. The van der Waals surface area contributed by atoms with Gasteiger partial charge < -0.3 is 5.11 Å². The third kappa shape index (κ3) is 0.883. The second-order valence-corrected chi connectivity index (χ2v) is 3.18. The number of carbonyl (C=O) groups is 1. The summed E-state index contributed by atoms with van der Waals surface area (Å²) in [7, 11) is 0. The van der Waals surface area contributed by atoms with E-state index in [9.17, 15) is 9.90 Å². The number of hydrogen-bond donors (Lipinski definition) is 1. The van der Waals surface area contributed by atoms with Gasteiger partial charge in [-0.15, -0.1) is 0 Å². The van der Waals surface area contributed by atoms with E-state index in [1.807, 2.05) is 25.1 Å². The second kappa shape index (κ2) is 2.42. The molecule has 0 aliphatic heterocycles. The fourth-order valence-corrected chi connectivity index (χ4v) is 1.74. The fourth-order valence-electron chi connectivity index (χ4n) is 1.74. The number of hydrogen-bond acceptors (Lipinski definition) is 2. The standard InChI is InChI=1S/C10H10O2/c1-6-3-2-4-7-8(11)5-9(12)10(6)7/h2-4,8,11H,5H2,1H3. The number of aliphatic hydroxyl groups is 1. The maximum absolute atomic E-state index is 11.3. The molecule has 2 rings (SSSR count). The maximum Gasteiger partial charge on any atom is 0.166 e. The predicted molar refractivity (Wildman–Crippen MR) is 45.1 cm³/mol. The smallest absolute Gasteiger partial charge is 0.166 e. The molecule has 1 aromatic carbocycles. The van der Waals surface area contributed by atoms with E-state index in [-0.39, 0.29) is 12.2 Å². The highest BCUT2D eigenvalue weighted by atomic mass is 16.3. The van der Waals surface area contributed by atoms with Gasteiger partial charge in [0.25, 0.3) is 0 Å². The van der Waals surface area contributed by atoms with Crippen LogP contribution in [0.15, 0.2) is 18.2 Å². The molecule has 62 valence electrons. The van der Waals surface area contributed by atoms with E-state index in [1.54, 1.807) is 0 Å². The number of aryl methyl sites for hydroxylation is 1. The molecule has 1 N–H and O–H groups in total. The first-order chi connectivity index (χ1) is 5.70. The Morgan fingerprint density at radius 1 is 1.50 bits per heavy atom. The van der Waals surface area contributed by atoms with Crippen LogP contribution in [0.5, 0.6) is 0 Å². The summed E-state index contributed by atoms with van der Waals surface area (Å²) < 4.78 is 0. The highest BCUT2D eigenvalue weighted by Crippen LogP contribution is 2.32. The van der Waals surface area contributed by atoms with Gasteiger partial charge in [-0.25, -0.2) is 0 Å². The van der Waals surface area contributed by atoms with Crippen molar-refractivity contribution in [3.05, 3.63) is 34.9 Å². The van der Waals surface area contributed by atoms with Crippen LogP contribution in [0.1, 0.15) is 34.0 Å². The SMILES string of the molecule is Cc1cccc2c1C(=O)CC2O. The summed E-state index contributed by atoms with van der Waals surface area (Å²) in [5.74, 6) is 0.0654. The lowest BCUT2D eigenvalue weighted by Crippen LogP contribution is -1.94. The van der Waals surface area contributed by atoms with Crippen molar-refractivity contribution in [1.82, 2.24) is 0 Å². The largest absolute Gasteiger partial charge is 0.388 e.